The SMILES string of the molecule is CC=CC(C#N)(CC=C(C)C)C(C)C. The van der Waals surface area contributed by atoms with Gasteiger partial charge in [-0.05, 0) is 33.1 Å². The van der Waals surface area contributed by atoms with Crippen LogP contribution in [0.5, 0.6) is 0 Å². The van der Waals surface area contributed by atoms with Gasteiger partial charge in [0.25, 0.3) is 0 Å². The fourth-order valence-corrected chi connectivity index (χ4v) is 1.38. The van der Waals surface area contributed by atoms with Crippen molar-refractivity contribution >= 4 is 0 Å². The van der Waals surface area contributed by atoms with Crippen molar-refractivity contribution in [2.24, 2.45) is 11.3 Å². The summed E-state index contributed by atoms with van der Waals surface area (Å²) < 4.78 is 0. The number of nitriles is 1. The minimum atomic E-state index is -0.327. The minimum absolute atomic E-state index is 0.327. The van der Waals surface area contributed by atoms with Crippen LogP contribution in [0.4, 0.5) is 0 Å². The van der Waals surface area contributed by atoms with E-state index >= 15 is 0 Å². The average Bonchev–Trinajstić information content (AvgIpc) is 2.11. The van der Waals surface area contributed by atoms with Crippen LogP contribution in [0, 0.1) is 22.7 Å². The van der Waals surface area contributed by atoms with Crippen molar-refractivity contribution in [2.75, 3.05) is 0 Å². The maximum Gasteiger partial charge on any atom is 0.0810 e. The lowest BCUT2D eigenvalue weighted by molar-refractivity contribution is 0.361. The van der Waals surface area contributed by atoms with E-state index in [0.29, 0.717) is 5.92 Å². The monoisotopic (exact) mass is 191 g/mol. The Hall–Kier alpha value is -1.03. The van der Waals surface area contributed by atoms with Gasteiger partial charge in [-0.3, -0.25) is 0 Å². The van der Waals surface area contributed by atoms with Crippen LogP contribution in [-0.2, 0) is 0 Å². The summed E-state index contributed by atoms with van der Waals surface area (Å²) in [6, 6.07) is 2.44. The van der Waals surface area contributed by atoms with Crippen LogP contribution in [0.3, 0.4) is 0 Å². The van der Waals surface area contributed by atoms with Gasteiger partial charge in [0, 0.05) is 0 Å². The lowest BCUT2D eigenvalue weighted by atomic mass is 9.75. The maximum absolute atomic E-state index is 9.26. The fraction of sp³-hybridized carbons (Fsp3) is 0.615. The molecular weight excluding hydrogens is 170 g/mol. The Balaban J connectivity index is 4.89. The molecule has 0 aliphatic rings. The van der Waals surface area contributed by atoms with Gasteiger partial charge in [0.15, 0.2) is 0 Å². The van der Waals surface area contributed by atoms with Crippen LogP contribution < -0.4 is 0 Å². The van der Waals surface area contributed by atoms with Gasteiger partial charge in [-0.1, -0.05) is 37.6 Å². The molecule has 0 saturated heterocycles. The van der Waals surface area contributed by atoms with Crippen molar-refractivity contribution < 1.29 is 0 Å². The highest BCUT2D eigenvalue weighted by Crippen LogP contribution is 2.33. The van der Waals surface area contributed by atoms with E-state index in [9.17, 15) is 5.26 Å². The van der Waals surface area contributed by atoms with Crippen molar-refractivity contribution in [3.63, 3.8) is 0 Å². The molecule has 0 aromatic heterocycles. The Morgan fingerprint density at radius 3 is 2.29 bits per heavy atom. The summed E-state index contributed by atoms with van der Waals surface area (Å²) in [5, 5.41) is 9.26. The molecule has 1 unspecified atom stereocenters. The maximum atomic E-state index is 9.26. The molecular formula is C13H21N. The van der Waals surface area contributed by atoms with Crippen LogP contribution in [0.15, 0.2) is 23.8 Å². The lowest BCUT2D eigenvalue weighted by Crippen LogP contribution is -2.22. The van der Waals surface area contributed by atoms with Crippen LogP contribution in [0.25, 0.3) is 0 Å². The van der Waals surface area contributed by atoms with E-state index in [1.807, 2.05) is 19.1 Å². The zero-order chi connectivity index (χ0) is 11.2. The second kappa shape index (κ2) is 5.65. The molecule has 0 rings (SSSR count). The van der Waals surface area contributed by atoms with Crippen LogP contribution >= 0.6 is 0 Å². The largest absolute Gasteiger partial charge is 0.197 e. The zero-order valence-electron chi connectivity index (χ0n) is 9.96. The third-order valence-corrected chi connectivity index (χ3v) is 2.55. The molecule has 0 aromatic rings. The van der Waals surface area contributed by atoms with Crippen molar-refractivity contribution in [3.8, 4) is 6.07 Å². The predicted molar refractivity (Wildman–Crippen MR) is 61.7 cm³/mol. The Labute approximate surface area is 88.1 Å². The van der Waals surface area contributed by atoms with Gasteiger partial charge in [-0.2, -0.15) is 5.26 Å². The van der Waals surface area contributed by atoms with Gasteiger partial charge < -0.3 is 0 Å². The summed E-state index contributed by atoms with van der Waals surface area (Å²) in [6.45, 7) is 10.3. The first-order valence-corrected chi connectivity index (χ1v) is 5.17. The molecule has 0 aromatic carbocycles. The lowest BCUT2D eigenvalue weighted by Gasteiger charge is -2.26. The molecule has 0 aliphatic heterocycles. The molecule has 0 radical (unpaired) electrons. The molecule has 0 fully saturated rings. The number of rotatable bonds is 4. The topological polar surface area (TPSA) is 23.8 Å². The Bertz CT molecular complexity index is 261. The van der Waals surface area contributed by atoms with E-state index in [4.69, 9.17) is 0 Å². The summed E-state index contributed by atoms with van der Waals surface area (Å²) >= 11 is 0. The van der Waals surface area contributed by atoms with Gasteiger partial charge in [-0.25, -0.2) is 0 Å². The first kappa shape index (κ1) is 13.0. The summed E-state index contributed by atoms with van der Waals surface area (Å²) in [7, 11) is 0. The van der Waals surface area contributed by atoms with Crippen molar-refractivity contribution in [1.29, 1.82) is 5.26 Å². The van der Waals surface area contributed by atoms with Crippen molar-refractivity contribution in [2.45, 2.75) is 41.0 Å². The highest BCUT2D eigenvalue weighted by Gasteiger charge is 2.29. The van der Waals surface area contributed by atoms with E-state index in [-0.39, 0.29) is 5.41 Å². The standard InChI is InChI=1S/C13H21N/c1-6-8-13(10-14,12(4)5)9-7-11(2)3/h6-8,12H,9H2,1-5H3. The smallest absolute Gasteiger partial charge is 0.0810 e. The zero-order valence-corrected chi connectivity index (χ0v) is 9.96. The number of hydrogen-bond acceptors (Lipinski definition) is 1. The molecule has 0 spiro atoms. The molecule has 0 heterocycles. The number of allylic oxidation sites excluding steroid dienone is 4. The Kier molecular flexibility index (Phi) is 5.23. The summed E-state index contributed by atoms with van der Waals surface area (Å²) in [6.07, 6.45) is 6.95. The molecule has 0 saturated carbocycles. The number of hydrogen-bond donors (Lipinski definition) is 0. The third-order valence-electron chi connectivity index (χ3n) is 2.55. The molecule has 14 heavy (non-hydrogen) atoms. The van der Waals surface area contributed by atoms with Gasteiger partial charge in [-0.15, -0.1) is 0 Å². The normalized spacial score (nSPS) is 15.2. The average molecular weight is 191 g/mol. The van der Waals surface area contributed by atoms with Gasteiger partial charge >= 0.3 is 0 Å². The van der Waals surface area contributed by atoms with Crippen molar-refractivity contribution in [1.82, 2.24) is 0 Å². The van der Waals surface area contributed by atoms with Crippen molar-refractivity contribution in [3.05, 3.63) is 23.8 Å². The second-order valence-electron chi connectivity index (χ2n) is 4.29. The van der Waals surface area contributed by atoms with Crippen LogP contribution in [0.1, 0.15) is 41.0 Å². The first-order valence-electron chi connectivity index (χ1n) is 5.17. The van der Waals surface area contributed by atoms with E-state index in [1.54, 1.807) is 0 Å². The minimum Gasteiger partial charge on any atom is -0.197 e. The molecule has 1 nitrogen and oxygen atoms in total. The fourth-order valence-electron chi connectivity index (χ4n) is 1.38. The van der Waals surface area contributed by atoms with Gasteiger partial charge in [0.05, 0.1) is 11.5 Å². The number of nitrogens with zero attached hydrogens (tertiary/aromatic N) is 1. The predicted octanol–water partition coefficient (Wildman–Crippen LogP) is 4.08. The second-order valence-corrected chi connectivity index (χ2v) is 4.29. The quantitative estimate of drug-likeness (QED) is 0.614. The first-order chi connectivity index (χ1) is 6.48. The summed E-state index contributed by atoms with van der Waals surface area (Å²) in [4.78, 5) is 0. The van der Waals surface area contributed by atoms with E-state index in [0.717, 1.165) is 6.42 Å². The molecule has 0 N–H and O–H groups in total. The molecule has 0 amide bonds. The molecule has 0 bridgehead atoms. The highest BCUT2D eigenvalue weighted by molar-refractivity contribution is 5.17. The molecule has 1 atom stereocenters. The van der Waals surface area contributed by atoms with Crippen LogP contribution in [0.2, 0.25) is 0 Å². The Morgan fingerprint density at radius 2 is 2.00 bits per heavy atom. The van der Waals surface area contributed by atoms with E-state index in [1.165, 1.54) is 5.57 Å². The molecule has 78 valence electrons. The highest BCUT2D eigenvalue weighted by atomic mass is 14.4. The van der Waals surface area contributed by atoms with Gasteiger partial charge in [0.1, 0.15) is 0 Å². The van der Waals surface area contributed by atoms with Gasteiger partial charge in [0.2, 0.25) is 0 Å². The Morgan fingerprint density at radius 1 is 1.43 bits per heavy atom. The van der Waals surface area contributed by atoms with Crippen LogP contribution in [-0.4, -0.2) is 0 Å². The summed E-state index contributed by atoms with van der Waals surface area (Å²) in [5.41, 5.74) is 0.946. The molecule has 0 aliphatic carbocycles. The molecule has 1 heteroatoms. The summed E-state index contributed by atoms with van der Waals surface area (Å²) in [5.74, 6) is 0.347. The van der Waals surface area contributed by atoms with E-state index in [2.05, 4.69) is 39.8 Å². The third kappa shape index (κ3) is 3.38. The van der Waals surface area contributed by atoms with E-state index < -0.39 is 0 Å².